The largest absolute Gasteiger partial charge is 0.460 e. The number of benzene rings is 1. The fourth-order valence-electron chi connectivity index (χ4n) is 3.26. The van der Waals surface area contributed by atoms with Crippen LogP contribution in [0.1, 0.15) is 44.1 Å². The summed E-state index contributed by atoms with van der Waals surface area (Å²) >= 11 is 0. The zero-order chi connectivity index (χ0) is 13.8. The van der Waals surface area contributed by atoms with Gasteiger partial charge < -0.3 is 9.47 Å². The van der Waals surface area contributed by atoms with Crippen LogP contribution in [0.4, 0.5) is 0 Å². The van der Waals surface area contributed by atoms with Gasteiger partial charge in [-0.25, -0.2) is 0 Å². The molecule has 2 aliphatic rings. The molecule has 0 radical (unpaired) electrons. The van der Waals surface area contributed by atoms with Gasteiger partial charge in [-0.15, -0.1) is 0 Å². The Balaban J connectivity index is 1.62. The monoisotopic (exact) mass is 274 g/mol. The van der Waals surface area contributed by atoms with E-state index in [0.29, 0.717) is 6.61 Å². The highest BCUT2D eigenvalue weighted by atomic mass is 16.5. The van der Waals surface area contributed by atoms with Crippen molar-refractivity contribution in [1.82, 2.24) is 0 Å². The zero-order valence-electron chi connectivity index (χ0n) is 11.8. The van der Waals surface area contributed by atoms with Crippen LogP contribution < -0.4 is 0 Å². The van der Waals surface area contributed by atoms with Crippen molar-refractivity contribution in [3.63, 3.8) is 0 Å². The minimum atomic E-state index is -0.352. The predicted octanol–water partition coefficient (Wildman–Crippen LogP) is 3.47. The minimum absolute atomic E-state index is 0.0560. The topological polar surface area (TPSA) is 35.5 Å². The fraction of sp³-hybridized carbons (Fsp3) is 0.588. The second-order valence-electron chi connectivity index (χ2n) is 5.93. The predicted molar refractivity (Wildman–Crippen MR) is 76.1 cm³/mol. The highest BCUT2D eigenvalue weighted by molar-refractivity contribution is 5.78. The van der Waals surface area contributed by atoms with Gasteiger partial charge in [-0.3, -0.25) is 4.79 Å². The lowest BCUT2D eigenvalue weighted by Gasteiger charge is -2.46. The molecule has 20 heavy (non-hydrogen) atoms. The highest BCUT2D eigenvalue weighted by Crippen LogP contribution is 2.48. The molecule has 0 bridgehead atoms. The van der Waals surface area contributed by atoms with E-state index in [9.17, 15) is 4.79 Å². The molecule has 3 rings (SSSR count). The Bertz CT molecular complexity index is 445. The van der Waals surface area contributed by atoms with Crippen molar-refractivity contribution < 1.29 is 14.3 Å². The maximum absolute atomic E-state index is 12.5. The van der Waals surface area contributed by atoms with E-state index in [2.05, 4.69) is 0 Å². The Morgan fingerprint density at radius 1 is 1.20 bits per heavy atom. The minimum Gasteiger partial charge on any atom is -0.460 e. The summed E-state index contributed by atoms with van der Waals surface area (Å²) in [6, 6.07) is 9.86. The highest BCUT2D eigenvalue weighted by Gasteiger charge is 2.52. The molecular weight excluding hydrogens is 252 g/mol. The van der Waals surface area contributed by atoms with Crippen LogP contribution in [0, 0.1) is 5.41 Å². The summed E-state index contributed by atoms with van der Waals surface area (Å²) < 4.78 is 11.4. The molecule has 0 aromatic heterocycles. The van der Waals surface area contributed by atoms with Crippen LogP contribution >= 0.6 is 0 Å². The molecule has 3 heteroatoms. The van der Waals surface area contributed by atoms with E-state index >= 15 is 0 Å². The van der Waals surface area contributed by atoms with Crippen molar-refractivity contribution in [2.75, 3.05) is 6.61 Å². The van der Waals surface area contributed by atoms with Gasteiger partial charge in [-0.2, -0.15) is 0 Å². The molecule has 0 amide bonds. The number of hydrogen-bond acceptors (Lipinski definition) is 3. The number of carbonyl (C=O) groups excluding carboxylic acids is 1. The van der Waals surface area contributed by atoms with Crippen LogP contribution in [0.3, 0.4) is 0 Å². The van der Waals surface area contributed by atoms with E-state index < -0.39 is 0 Å². The van der Waals surface area contributed by atoms with Gasteiger partial charge in [0.05, 0.1) is 11.5 Å². The third-order valence-corrected chi connectivity index (χ3v) is 4.66. The third-order valence-electron chi connectivity index (χ3n) is 4.66. The van der Waals surface area contributed by atoms with E-state index in [4.69, 9.17) is 9.47 Å². The molecule has 0 N–H and O–H groups in total. The van der Waals surface area contributed by atoms with Crippen molar-refractivity contribution in [3.05, 3.63) is 35.9 Å². The summed E-state index contributed by atoms with van der Waals surface area (Å²) in [5.41, 5.74) is 0.690. The molecule has 1 atom stereocenters. The van der Waals surface area contributed by atoms with Crippen molar-refractivity contribution in [2.24, 2.45) is 5.41 Å². The summed E-state index contributed by atoms with van der Waals surface area (Å²) in [5, 5.41) is 0. The van der Waals surface area contributed by atoms with Crippen LogP contribution in [0.2, 0.25) is 0 Å². The SMILES string of the molecule is O=C(OCc1ccccc1)C1([C@H]2CCCCO2)CCC1. The molecule has 0 unspecified atom stereocenters. The van der Waals surface area contributed by atoms with Gasteiger partial charge in [0.25, 0.3) is 0 Å². The second kappa shape index (κ2) is 5.96. The average molecular weight is 274 g/mol. The Morgan fingerprint density at radius 2 is 2.00 bits per heavy atom. The average Bonchev–Trinajstić information content (AvgIpc) is 2.46. The first-order valence-corrected chi connectivity index (χ1v) is 7.64. The van der Waals surface area contributed by atoms with Crippen LogP contribution in [0.5, 0.6) is 0 Å². The lowest BCUT2D eigenvalue weighted by atomic mass is 9.63. The van der Waals surface area contributed by atoms with Crippen molar-refractivity contribution in [3.8, 4) is 0 Å². The first-order chi connectivity index (χ1) is 9.81. The molecule has 1 saturated carbocycles. The first-order valence-electron chi connectivity index (χ1n) is 7.64. The third kappa shape index (κ3) is 2.59. The van der Waals surface area contributed by atoms with Crippen LogP contribution in [-0.2, 0) is 20.9 Å². The first kappa shape index (κ1) is 13.6. The van der Waals surface area contributed by atoms with E-state index in [1.807, 2.05) is 30.3 Å². The van der Waals surface area contributed by atoms with Gasteiger partial charge in [-0.05, 0) is 37.7 Å². The Hall–Kier alpha value is -1.35. The van der Waals surface area contributed by atoms with Gasteiger partial charge >= 0.3 is 5.97 Å². The number of carbonyl (C=O) groups is 1. The van der Waals surface area contributed by atoms with Crippen LogP contribution in [0.15, 0.2) is 30.3 Å². The van der Waals surface area contributed by atoms with E-state index in [-0.39, 0.29) is 17.5 Å². The quantitative estimate of drug-likeness (QED) is 0.789. The van der Waals surface area contributed by atoms with Gasteiger partial charge in [0, 0.05) is 6.61 Å². The molecule has 0 spiro atoms. The van der Waals surface area contributed by atoms with Gasteiger partial charge in [-0.1, -0.05) is 36.8 Å². The van der Waals surface area contributed by atoms with Crippen molar-refractivity contribution in [1.29, 1.82) is 0 Å². The normalized spacial score (nSPS) is 24.7. The maximum atomic E-state index is 12.5. The van der Waals surface area contributed by atoms with Gasteiger partial charge in [0.2, 0.25) is 0 Å². The summed E-state index contributed by atoms with van der Waals surface area (Å²) in [7, 11) is 0. The lowest BCUT2D eigenvalue weighted by Crippen LogP contribution is -2.50. The molecular formula is C17H22O3. The van der Waals surface area contributed by atoms with Gasteiger partial charge in [0.15, 0.2) is 0 Å². The van der Waals surface area contributed by atoms with E-state index in [0.717, 1.165) is 44.3 Å². The van der Waals surface area contributed by atoms with Gasteiger partial charge in [0.1, 0.15) is 6.61 Å². The summed E-state index contributed by atoms with van der Waals surface area (Å²) in [6.45, 7) is 1.16. The van der Waals surface area contributed by atoms with Crippen molar-refractivity contribution >= 4 is 5.97 Å². The maximum Gasteiger partial charge on any atom is 0.315 e. The molecule has 1 aliphatic heterocycles. The van der Waals surface area contributed by atoms with E-state index in [1.165, 1.54) is 6.42 Å². The number of rotatable bonds is 4. The van der Waals surface area contributed by atoms with Crippen LogP contribution in [0.25, 0.3) is 0 Å². The zero-order valence-corrected chi connectivity index (χ0v) is 11.8. The number of hydrogen-bond donors (Lipinski definition) is 0. The molecule has 108 valence electrons. The lowest BCUT2D eigenvalue weighted by molar-refractivity contribution is -0.182. The summed E-state index contributed by atoms with van der Waals surface area (Å²) in [5.74, 6) is -0.0560. The Morgan fingerprint density at radius 3 is 2.60 bits per heavy atom. The summed E-state index contributed by atoms with van der Waals surface area (Å²) in [4.78, 5) is 12.5. The summed E-state index contributed by atoms with van der Waals surface area (Å²) in [6.07, 6.45) is 6.31. The smallest absolute Gasteiger partial charge is 0.315 e. The fourth-order valence-corrected chi connectivity index (χ4v) is 3.26. The molecule has 1 saturated heterocycles. The van der Waals surface area contributed by atoms with Crippen LogP contribution in [-0.4, -0.2) is 18.7 Å². The van der Waals surface area contributed by atoms with E-state index in [1.54, 1.807) is 0 Å². The number of esters is 1. The molecule has 1 heterocycles. The standard InChI is InChI=1S/C17H22O3/c18-16(20-13-14-7-2-1-3-8-14)17(10-6-11-17)15-9-4-5-12-19-15/h1-3,7-8,15H,4-6,9-13H2/t15-/m1/s1. The Kier molecular flexibility index (Phi) is 4.06. The molecule has 1 aromatic rings. The molecule has 3 nitrogen and oxygen atoms in total. The second-order valence-corrected chi connectivity index (χ2v) is 5.93. The molecule has 2 fully saturated rings. The molecule has 1 aromatic carbocycles. The number of ether oxygens (including phenoxy) is 2. The van der Waals surface area contributed by atoms with Crippen molar-refractivity contribution in [2.45, 2.75) is 51.2 Å². The molecule has 1 aliphatic carbocycles. The Labute approximate surface area is 120 Å².